The number of hydrogen-bond acceptors (Lipinski definition) is 3. The topological polar surface area (TPSA) is 35.5 Å². The summed E-state index contributed by atoms with van der Waals surface area (Å²) < 4.78 is 11.2. The summed E-state index contributed by atoms with van der Waals surface area (Å²) >= 11 is 0. The molecule has 0 unspecified atom stereocenters. The van der Waals surface area contributed by atoms with Crippen molar-refractivity contribution in [1.29, 1.82) is 0 Å². The lowest BCUT2D eigenvalue weighted by atomic mass is 10.1. The van der Waals surface area contributed by atoms with E-state index in [1.165, 1.54) is 6.42 Å². The standard InChI is InChI=1S/C14H18O3/c1-11(15)12-5-4-7-13(9-12)17-10-14-6-2-3-8-16-14/h4-5,7,9,14H,2-3,6,8,10H2,1H3/t14-/m0/s1. The summed E-state index contributed by atoms with van der Waals surface area (Å²) in [4.78, 5) is 11.2. The van der Waals surface area contributed by atoms with Crippen molar-refractivity contribution in [2.45, 2.75) is 32.3 Å². The van der Waals surface area contributed by atoms with Gasteiger partial charge in [-0.25, -0.2) is 0 Å². The van der Waals surface area contributed by atoms with E-state index in [0.29, 0.717) is 12.2 Å². The van der Waals surface area contributed by atoms with Crippen LogP contribution in [0.3, 0.4) is 0 Å². The van der Waals surface area contributed by atoms with Gasteiger partial charge in [0.25, 0.3) is 0 Å². The maximum absolute atomic E-state index is 11.2. The molecule has 1 aromatic rings. The minimum absolute atomic E-state index is 0.0596. The molecule has 92 valence electrons. The molecule has 3 nitrogen and oxygen atoms in total. The van der Waals surface area contributed by atoms with Crippen molar-refractivity contribution in [2.24, 2.45) is 0 Å². The van der Waals surface area contributed by atoms with E-state index in [9.17, 15) is 4.79 Å². The van der Waals surface area contributed by atoms with Crippen molar-refractivity contribution in [1.82, 2.24) is 0 Å². The SMILES string of the molecule is CC(=O)c1cccc(OC[C@@H]2CCCCO2)c1. The molecule has 0 aliphatic carbocycles. The van der Waals surface area contributed by atoms with Crippen LogP contribution in [0.2, 0.25) is 0 Å². The first-order valence-corrected chi connectivity index (χ1v) is 6.11. The number of carbonyl (C=O) groups is 1. The molecule has 0 N–H and O–H groups in total. The molecule has 1 saturated heterocycles. The maximum Gasteiger partial charge on any atom is 0.159 e. The van der Waals surface area contributed by atoms with Crippen LogP contribution < -0.4 is 4.74 Å². The highest BCUT2D eigenvalue weighted by atomic mass is 16.5. The Balaban J connectivity index is 1.89. The van der Waals surface area contributed by atoms with E-state index < -0.39 is 0 Å². The van der Waals surface area contributed by atoms with Crippen molar-refractivity contribution >= 4 is 5.78 Å². The maximum atomic E-state index is 11.2. The van der Waals surface area contributed by atoms with Crippen LogP contribution in [-0.4, -0.2) is 25.1 Å². The third-order valence-electron chi connectivity index (χ3n) is 2.95. The van der Waals surface area contributed by atoms with Crippen LogP contribution in [0.25, 0.3) is 0 Å². The molecule has 0 spiro atoms. The molecule has 0 bridgehead atoms. The molecule has 1 atom stereocenters. The molecule has 17 heavy (non-hydrogen) atoms. The Morgan fingerprint density at radius 3 is 3.06 bits per heavy atom. The number of rotatable bonds is 4. The second-order valence-electron chi connectivity index (χ2n) is 4.38. The van der Waals surface area contributed by atoms with E-state index in [-0.39, 0.29) is 11.9 Å². The second kappa shape index (κ2) is 5.82. The summed E-state index contributed by atoms with van der Waals surface area (Å²) in [6.45, 7) is 2.96. The Morgan fingerprint density at radius 2 is 2.35 bits per heavy atom. The van der Waals surface area contributed by atoms with Crippen LogP contribution in [0.4, 0.5) is 0 Å². The second-order valence-corrected chi connectivity index (χ2v) is 4.38. The van der Waals surface area contributed by atoms with Crippen molar-refractivity contribution in [3.8, 4) is 5.75 Å². The van der Waals surface area contributed by atoms with E-state index in [2.05, 4.69) is 0 Å². The van der Waals surface area contributed by atoms with Crippen molar-refractivity contribution in [2.75, 3.05) is 13.2 Å². The number of carbonyl (C=O) groups excluding carboxylic acids is 1. The Labute approximate surface area is 102 Å². The molecule has 0 aromatic heterocycles. The van der Waals surface area contributed by atoms with Gasteiger partial charge in [0.15, 0.2) is 5.78 Å². The molecule has 1 heterocycles. The smallest absolute Gasteiger partial charge is 0.159 e. The zero-order valence-electron chi connectivity index (χ0n) is 10.1. The molecular weight excluding hydrogens is 216 g/mol. The zero-order chi connectivity index (χ0) is 12.1. The van der Waals surface area contributed by atoms with Gasteiger partial charge in [0.05, 0.1) is 6.10 Å². The molecule has 2 rings (SSSR count). The first kappa shape index (κ1) is 12.1. The van der Waals surface area contributed by atoms with Gasteiger partial charge < -0.3 is 9.47 Å². The third kappa shape index (κ3) is 3.56. The van der Waals surface area contributed by atoms with Gasteiger partial charge in [0.1, 0.15) is 12.4 Å². The van der Waals surface area contributed by atoms with Crippen LogP contribution in [0, 0.1) is 0 Å². The van der Waals surface area contributed by atoms with Gasteiger partial charge in [-0.15, -0.1) is 0 Å². The van der Waals surface area contributed by atoms with Gasteiger partial charge in [0.2, 0.25) is 0 Å². The predicted molar refractivity (Wildman–Crippen MR) is 65.5 cm³/mol. The monoisotopic (exact) mass is 234 g/mol. The number of Topliss-reactive ketones (excluding diaryl/α,β-unsaturated/α-hetero) is 1. The van der Waals surface area contributed by atoms with Gasteiger partial charge in [0, 0.05) is 12.2 Å². The Kier molecular flexibility index (Phi) is 4.15. The summed E-state index contributed by atoms with van der Waals surface area (Å²) in [6.07, 6.45) is 3.62. The van der Waals surface area contributed by atoms with Crippen molar-refractivity contribution in [3.63, 3.8) is 0 Å². The van der Waals surface area contributed by atoms with Gasteiger partial charge in [-0.05, 0) is 38.3 Å². The number of hydrogen-bond donors (Lipinski definition) is 0. The summed E-state index contributed by atoms with van der Waals surface area (Å²) in [5.74, 6) is 0.802. The van der Waals surface area contributed by atoms with Gasteiger partial charge >= 0.3 is 0 Å². The van der Waals surface area contributed by atoms with Crippen LogP contribution in [0.15, 0.2) is 24.3 Å². The fraction of sp³-hybridized carbons (Fsp3) is 0.500. The lowest BCUT2D eigenvalue weighted by Crippen LogP contribution is -2.25. The molecule has 0 radical (unpaired) electrons. The minimum atomic E-state index is 0.0596. The number of benzene rings is 1. The van der Waals surface area contributed by atoms with E-state index in [4.69, 9.17) is 9.47 Å². The summed E-state index contributed by atoms with van der Waals surface area (Å²) in [5.41, 5.74) is 0.687. The number of ketones is 1. The predicted octanol–water partition coefficient (Wildman–Crippen LogP) is 2.84. The lowest BCUT2D eigenvalue weighted by molar-refractivity contribution is -0.0110. The Bertz CT molecular complexity index is 381. The highest BCUT2D eigenvalue weighted by molar-refractivity contribution is 5.94. The highest BCUT2D eigenvalue weighted by Gasteiger charge is 2.14. The average Bonchev–Trinajstić information content (AvgIpc) is 2.38. The molecule has 3 heteroatoms. The largest absolute Gasteiger partial charge is 0.491 e. The zero-order valence-corrected chi connectivity index (χ0v) is 10.1. The molecule has 1 aromatic carbocycles. The first-order valence-electron chi connectivity index (χ1n) is 6.11. The van der Waals surface area contributed by atoms with Crippen LogP contribution in [-0.2, 0) is 4.74 Å². The Hall–Kier alpha value is -1.35. The van der Waals surface area contributed by atoms with Gasteiger partial charge in [-0.1, -0.05) is 12.1 Å². The quantitative estimate of drug-likeness (QED) is 0.751. The van der Waals surface area contributed by atoms with Crippen molar-refractivity contribution in [3.05, 3.63) is 29.8 Å². The molecule has 1 fully saturated rings. The molecule has 0 amide bonds. The van der Waals surface area contributed by atoms with Crippen molar-refractivity contribution < 1.29 is 14.3 Å². The third-order valence-corrected chi connectivity index (χ3v) is 2.95. The molecule has 1 aliphatic rings. The number of ether oxygens (including phenoxy) is 2. The Morgan fingerprint density at radius 1 is 1.47 bits per heavy atom. The summed E-state index contributed by atoms with van der Waals surface area (Å²) in [7, 11) is 0. The average molecular weight is 234 g/mol. The van der Waals surface area contributed by atoms with Gasteiger partial charge in [-0.2, -0.15) is 0 Å². The van der Waals surface area contributed by atoms with Crippen LogP contribution >= 0.6 is 0 Å². The highest BCUT2D eigenvalue weighted by Crippen LogP contribution is 2.17. The molecule has 0 saturated carbocycles. The van der Waals surface area contributed by atoms with E-state index >= 15 is 0 Å². The normalized spacial score (nSPS) is 19.9. The molecule has 1 aliphatic heterocycles. The van der Waals surface area contributed by atoms with E-state index in [1.807, 2.05) is 12.1 Å². The lowest BCUT2D eigenvalue weighted by Gasteiger charge is -2.22. The van der Waals surface area contributed by atoms with E-state index in [0.717, 1.165) is 25.2 Å². The summed E-state index contributed by atoms with van der Waals surface area (Å²) in [5, 5.41) is 0. The first-order chi connectivity index (χ1) is 8.25. The fourth-order valence-corrected chi connectivity index (χ4v) is 1.93. The summed E-state index contributed by atoms with van der Waals surface area (Å²) in [6, 6.07) is 7.29. The van der Waals surface area contributed by atoms with Gasteiger partial charge in [-0.3, -0.25) is 4.79 Å². The van der Waals surface area contributed by atoms with E-state index in [1.54, 1.807) is 19.1 Å². The minimum Gasteiger partial charge on any atom is -0.491 e. The molecular formula is C14H18O3. The van der Waals surface area contributed by atoms with Crippen LogP contribution in [0.5, 0.6) is 5.75 Å². The fourth-order valence-electron chi connectivity index (χ4n) is 1.93. The van der Waals surface area contributed by atoms with Crippen LogP contribution in [0.1, 0.15) is 36.5 Å².